The quantitative estimate of drug-likeness (QED) is 0.0661. The number of unbranched alkanes of at least 4 members (excludes halogenated alkanes) is 20. The molecule has 0 bridgehead atoms. The summed E-state index contributed by atoms with van der Waals surface area (Å²) in [4.78, 5) is 0. The summed E-state index contributed by atoms with van der Waals surface area (Å²) in [6.45, 7) is 3.43. The number of hydrogen-bond donors (Lipinski definition) is 0. The first-order chi connectivity index (χ1) is 20.4. The highest BCUT2D eigenvalue weighted by Crippen LogP contribution is 2.13. The van der Waals surface area contributed by atoms with Crippen LogP contribution in [0.25, 0.3) is 0 Å². The van der Waals surface area contributed by atoms with E-state index >= 15 is 0 Å². The number of hydrogen-bond acceptors (Lipinski definition) is 3. The number of terminal acetylenes is 2. The van der Waals surface area contributed by atoms with E-state index in [1.165, 1.54) is 121 Å². The minimum Gasteiger partial charge on any atom is -0.379 e. The summed E-state index contributed by atoms with van der Waals surface area (Å²) < 4.78 is 18.2. The lowest BCUT2D eigenvalue weighted by atomic mass is 10.1. The van der Waals surface area contributed by atoms with Gasteiger partial charge >= 0.3 is 0 Å². The first-order valence-electron chi connectivity index (χ1n) is 17.0. The molecule has 0 aromatic heterocycles. The van der Waals surface area contributed by atoms with Crippen molar-refractivity contribution in [3.05, 3.63) is 35.9 Å². The predicted octanol–water partition coefficient (Wildman–Crippen LogP) is 10.5. The van der Waals surface area contributed by atoms with Crippen LogP contribution in [-0.2, 0) is 20.8 Å². The van der Waals surface area contributed by atoms with Gasteiger partial charge in [0.2, 0.25) is 0 Å². The van der Waals surface area contributed by atoms with Crippen molar-refractivity contribution in [1.29, 1.82) is 0 Å². The summed E-state index contributed by atoms with van der Waals surface area (Å²) in [5.41, 5.74) is 1.20. The summed E-state index contributed by atoms with van der Waals surface area (Å²) >= 11 is 0. The Kier molecular flexibility index (Phi) is 28.3. The van der Waals surface area contributed by atoms with Crippen LogP contribution >= 0.6 is 0 Å². The second kappa shape index (κ2) is 31.2. The van der Waals surface area contributed by atoms with Gasteiger partial charge in [-0.05, 0) is 31.2 Å². The zero-order valence-corrected chi connectivity index (χ0v) is 26.4. The molecule has 1 atom stereocenters. The third-order valence-electron chi connectivity index (χ3n) is 7.65. The molecule has 232 valence electrons. The van der Waals surface area contributed by atoms with Crippen LogP contribution in [0.4, 0.5) is 0 Å². The van der Waals surface area contributed by atoms with E-state index in [1.807, 2.05) is 6.07 Å². The standard InChI is InChI=1S/C38H62O3/c1-3-5-7-9-11-13-15-17-19-21-23-28-32-39-35-38(36-40-34-37-30-26-25-27-31-37)41-33-29-24-22-20-18-16-14-12-10-8-6-4-2/h1-2,25-27,30-31,38H,5-24,28-29,32-36H2. The highest BCUT2D eigenvalue weighted by Gasteiger charge is 2.10. The molecule has 1 rings (SSSR count). The Hall–Kier alpha value is -1.78. The number of ether oxygens (including phenoxy) is 3. The third kappa shape index (κ3) is 26.8. The van der Waals surface area contributed by atoms with Crippen LogP contribution in [0, 0.1) is 24.7 Å². The van der Waals surface area contributed by atoms with Crippen molar-refractivity contribution >= 4 is 0 Å². The van der Waals surface area contributed by atoms with Crippen molar-refractivity contribution in [3.63, 3.8) is 0 Å². The Bertz CT molecular complexity index is 732. The molecule has 0 saturated heterocycles. The summed E-state index contributed by atoms with van der Waals surface area (Å²) in [5.74, 6) is 5.46. The molecule has 0 amide bonds. The SMILES string of the molecule is C#CCCCCCCCCCCCCOCC(COCc1ccccc1)OCCCCCCCCCCCCC#C. The van der Waals surface area contributed by atoms with Gasteiger partial charge in [0, 0.05) is 26.1 Å². The highest BCUT2D eigenvalue weighted by molar-refractivity contribution is 5.13. The molecule has 0 heterocycles. The minimum atomic E-state index is 0.00816. The Morgan fingerprint density at radius 2 is 0.902 bits per heavy atom. The van der Waals surface area contributed by atoms with E-state index in [1.54, 1.807) is 0 Å². The van der Waals surface area contributed by atoms with Crippen LogP contribution in [0.5, 0.6) is 0 Å². The molecule has 1 unspecified atom stereocenters. The zero-order chi connectivity index (χ0) is 29.3. The van der Waals surface area contributed by atoms with Crippen LogP contribution in [-0.4, -0.2) is 32.5 Å². The Balaban J connectivity index is 2.07. The summed E-state index contributed by atoms with van der Waals surface area (Å²) in [6.07, 6.45) is 38.3. The molecule has 3 heteroatoms. The van der Waals surface area contributed by atoms with E-state index in [0.29, 0.717) is 19.8 Å². The molecular formula is C38H62O3. The van der Waals surface area contributed by atoms with Crippen LogP contribution < -0.4 is 0 Å². The molecule has 0 spiro atoms. The third-order valence-corrected chi connectivity index (χ3v) is 7.65. The molecule has 0 aliphatic heterocycles. The molecule has 0 aliphatic carbocycles. The maximum atomic E-state index is 6.21. The average molecular weight is 567 g/mol. The van der Waals surface area contributed by atoms with Crippen molar-refractivity contribution in [3.8, 4) is 24.7 Å². The molecule has 3 nitrogen and oxygen atoms in total. The van der Waals surface area contributed by atoms with Gasteiger partial charge in [-0.3, -0.25) is 0 Å². The van der Waals surface area contributed by atoms with Crippen molar-refractivity contribution in [2.45, 2.75) is 154 Å². The molecule has 0 fully saturated rings. The fraction of sp³-hybridized carbons (Fsp3) is 0.737. The zero-order valence-electron chi connectivity index (χ0n) is 26.4. The molecule has 1 aromatic carbocycles. The Labute approximate surface area is 254 Å². The second-order valence-electron chi connectivity index (χ2n) is 11.5. The fourth-order valence-corrected chi connectivity index (χ4v) is 5.08. The van der Waals surface area contributed by atoms with Crippen molar-refractivity contribution in [2.75, 3.05) is 26.4 Å². The van der Waals surface area contributed by atoms with Gasteiger partial charge in [-0.2, -0.15) is 0 Å². The number of rotatable bonds is 31. The van der Waals surface area contributed by atoms with Crippen LogP contribution in [0.15, 0.2) is 30.3 Å². The fourth-order valence-electron chi connectivity index (χ4n) is 5.08. The van der Waals surface area contributed by atoms with Crippen molar-refractivity contribution < 1.29 is 14.2 Å². The maximum absolute atomic E-state index is 6.21. The molecule has 0 radical (unpaired) electrons. The average Bonchev–Trinajstić information content (AvgIpc) is 2.99. The number of benzene rings is 1. The lowest BCUT2D eigenvalue weighted by Gasteiger charge is -2.18. The van der Waals surface area contributed by atoms with Gasteiger partial charge in [0.15, 0.2) is 0 Å². The van der Waals surface area contributed by atoms with E-state index in [2.05, 4.69) is 36.1 Å². The van der Waals surface area contributed by atoms with Gasteiger partial charge < -0.3 is 14.2 Å². The van der Waals surface area contributed by atoms with Gasteiger partial charge in [0.05, 0.1) is 19.8 Å². The van der Waals surface area contributed by atoms with Gasteiger partial charge in [-0.15, -0.1) is 24.7 Å². The maximum Gasteiger partial charge on any atom is 0.104 e. The monoisotopic (exact) mass is 566 g/mol. The van der Waals surface area contributed by atoms with E-state index in [4.69, 9.17) is 27.1 Å². The molecule has 0 N–H and O–H groups in total. The second-order valence-corrected chi connectivity index (χ2v) is 11.5. The van der Waals surface area contributed by atoms with Crippen LogP contribution in [0.2, 0.25) is 0 Å². The lowest BCUT2D eigenvalue weighted by molar-refractivity contribution is -0.0645. The van der Waals surface area contributed by atoms with E-state index in [-0.39, 0.29) is 6.10 Å². The van der Waals surface area contributed by atoms with Gasteiger partial charge in [0.1, 0.15) is 6.10 Å². The van der Waals surface area contributed by atoms with Gasteiger partial charge in [-0.25, -0.2) is 0 Å². The van der Waals surface area contributed by atoms with E-state index < -0.39 is 0 Å². The van der Waals surface area contributed by atoms with E-state index in [9.17, 15) is 0 Å². The molecule has 41 heavy (non-hydrogen) atoms. The largest absolute Gasteiger partial charge is 0.379 e. The van der Waals surface area contributed by atoms with E-state index in [0.717, 1.165) is 38.9 Å². The summed E-state index contributed by atoms with van der Waals surface area (Å²) in [7, 11) is 0. The van der Waals surface area contributed by atoms with Crippen LogP contribution in [0.3, 0.4) is 0 Å². The highest BCUT2D eigenvalue weighted by atomic mass is 16.6. The first-order valence-corrected chi connectivity index (χ1v) is 17.0. The smallest absolute Gasteiger partial charge is 0.104 e. The molecule has 0 aliphatic rings. The van der Waals surface area contributed by atoms with Crippen molar-refractivity contribution in [1.82, 2.24) is 0 Å². The van der Waals surface area contributed by atoms with Crippen molar-refractivity contribution in [2.24, 2.45) is 0 Å². The minimum absolute atomic E-state index is 0.00816. The molecular weight excluding hydrogens is 504 g/mol. The topological polar surface area (TPSA) is 27.7 Å². The Morgan fingerprint density at radius 1 is 0.488 bits per heavy atom. The summed E-state index contributed by atoms with van der Waals surface area (Å²) in [6, 6.07) is 10.4. The first kappa shape index (κ1) is 37.2. The molecule has 1 aromatic rings. The van der Waals surface area contributed by atoms with Gasteiger partial charge in [-0.1, -0.05) is 133 Å². The lowest BCUT2D eigenvalue weighted by Crippen LogP contribution is -2.26. The molecule has 0 saturated carbocycles. The Morgan fingerprint density at radius 3 is 1.39 bits per heavy atom. The predicted molar refractivity (Wildman–Crippen MR) is 176 cm³/mol. The normalized spacial score (nSPS) is 11.8. The van der Waals surface area contributed by atoms with Crippen LogP contribution in [0.1, 0.15) is 147 Å². The van der Waals surface area contributed by atoms with Gasteiger partial charge in [0.25, 0.3) is 0 Å². The summed E-state index contributed by atoms with van der Waals surface area (Å²) in [5, 5.41) is 0.